The van der Waals surface area contributed by atoms with Crippen LogP contribution in [0.15, 0.2) is 12.1 Å². The first-order valence-electron chi connectivity index (χ1n) is 8.65. The van der Waals surface area contributed by atoms with E-state index in [-0.39, 0.29) is 12.1 Å². The maximum absolute atomic E-state index is 12.2. The molecular formula is C19H25NO3. The van der Waals surface area contributed by atoms with Gasteiger partial charge in [0.1, 0.15) is 5.60 Å². The van der Waals surface area contributed by atoms with Crippen molar-refractivity contribution in [3.8, 4) is 0 Å². The number of amides is 1. The Morgan fingerprint density at radius 1 is 1.22 bits per heavy atom. The highest BCUT2D eigenvalue weighted by Crippen LogP contribution is 2.55. The van der Waals surface area contributed by atoms with Gasteiger partial charge in [-0.25, -0.2) is 4.79 Å². The van der Waals surface area contributed by atoms with Crippen molar-refractivity contribution < 1.29 is 14.3 Å². The molecule has 0 aromatic heterocycles. The fraction of sp³-hybridized carbons (Fsp3) is 0.632. The largest absolute Gasteiger partial charge is 0.444 e. The number of ether oxygens (including phenoxy) is 2. The van der Waals surface area contributed by atoms with Gasteiger partial charge in [-0.3, -0.25) is 0 Å². The lowest BCUT2D eigenvalue weighted by molar-refractivity contribution is 0.0388. The van der Waals surface area contributed by atoms with Crippen molar-refractivity contribution in [1.82, 2.24) is 5.32 Å². The number of rotatable bonds is 1. The van der Waals surface area contributed by atoms with E-state index >= 15 is 0 Å². The first-order chi connectivity index (χ1) is 10.9. The summed E-state index contributed by atoms with van der Waals surface area (Å²) >= 11 is 0. The van der Waals surface area contributed by atoms with E-state index in [2.05, 4.69) is 17.4 Å². The predicted octanol–water partition coefficient (Wildman–Crippen LogP) is 4.15. The van der Waals surface area contributed by atoms with Gasteiger partial charge in [-0.05, 0) is 74.1 Å². The third-order valence-corrected chi connectivity index (χ3v) is 5.27. The van der Waals surface area contributed by atoms with Gasteiger partial charge >= 0.3 is 6.09 Å². The number of nitrogens with one attached hydrogen (secondary N) is 1. The van der Waals surface area contributed by atoms with E-state index in [1.807, 2.05) is 20.8 Å². The first-order valence-corrected chi connectivity index (χ1v) is 8.65. The van der Waals surface area contributed by atoms with E-state index in [0.717, 1.165) is 5.92 Å². The van der Waals surface area contributed by atoms with Gasteiger partial charge in [0.2, 0.25) is 0 Å². The zero-order valence-corrected chi connectivity index (χ0v) is 14.1. The molecule has 3 aliphatic rings. The Morgan fingerprint density at radius 3 is 2.78 bits per heavy atom. The summed E-state index contributed by atoms with van der Waals surface area (Å²) in [6, 6.07) is 4.39. The molecule has 1 saturated carbocycles. The standard InChI is InChI=1S/C19H25NO3/c1-19(2,3)23-18(21)20-15-10-22-9-13-6-7-14-11-4-5-12(8-11)16(14)17(13)15/h6-7,11-12,15H,4-5,8-10H2,1-3H3,(H,20,21)/t11?,12-,15+/m0/s1. The average molecular weight is 315 g/mol. The molecule has 0 radical (unpaired) electrons. The summed E-state index contributed by atoms with van der Waals surface area (Å²) in [5.74, 6) is 1.40. The van der Waals surface area contributed by atoms with E-state index in [1.165, 1.54) is 41.5 Å². The molecule has 1 amide bonds. The summed E-state index contributed by atoms with van der Waals surface area (Å²) in [6.07, 6.45) is 3.52. The lowest BCUT2D eigenvalue weighted by Crippen LogP contribution is -2.39. The van der Waals surface area contributed by atoms with E-state index in [9.17, 15) is 4.79 Å². The Bertz CT molecular complexity index is 647. The summed E-state index contributed by atoms with van der Waals surface area (Å²) in [4.78, 5) is 12.2. The van der Waals surface area contributed by atoms with Crippen LogP contribution in [0.4, 0.5) is 4.79 Å². The number of hydrogen-bond donors (Lipinski definition) is 1. The van der Waals surface area contributed by atoms with Crippen LogP contribution in [0.1, 0.15) is 80.2 Å². The third-order valence-electron chi connectivity index (χ3n) is 5.27. The third kappa shape index (κ3) is 2.63. The summed E-state index contributed by atoms with van der Waals surface area (Å²) < 4.78 is 11.1. The Balaban J connectivity index is 1.65. The summed E-state index contributed by atoms with van der Waals surface area (Å²) in [5.41, 5.74) is 5.07. The van der Waals surface area contributed by atoms with Crippen LogP contribution in [0.5, 0.6) is 0 Å². The first kappa shape index (κ1) is 15.0. The minimum absolute atomic E-state index is 0.0945. The van der Waals surface area contributed by atoms with Gasteiger partial charge < -0.3 is 14.8 Å². The lowest BCUT2D eigenvalue weighted by atomic mass is 9.82. The van der Waals surface area contributed by atoms with Crippen LogP contribution in [0.2, 0.25) is 0 Å². The minimum Gasteiger partial charge on any atom is -0.444 e. The SMILES string of the molecule is CC(C)(C)OC(=O)N[C@@H]1COCc2ccc3c(c21)[C@H]1CCC3C1. The molecular weight excluding hydrogens is 290 g/mol. The summed E-state index contributed by atoms with van der Waals surface area (Å²) in [7, 11) is 0. The van der Waals surface area contributed by atoms with Crippen molar-refractivity contribution in [2.24, 2.45) is 0 Å². The van der Waals surface area contributed by atoms with Crippen molar-refractivity contribution in [3.63, 3.8) is 0 Å². The van der Waals surface area contributed by atoms with Crippen LogP contribution in [-0.2, 0) is 16.1 Å². The maximum Gasteiger partial charge on any atom is 0.408 e. The number of fused-ring (bicyclic) bond motifs is 7. The molecule has 0 saturated heterocycles. The van der Waals surface area contributed by atoms with Gasteiger partial charge in [0.15, 0.2) is 0 Å². The van der Waals surface area contributed by atoms with Crippen LogP contribution < -0.4 is 5.32 Å². The van der Waals surface area contributed by atoms with E-state index in [1.54, 1.807) is 0 Å². The Morgan fingerprint density at radius 2 is 2.00 bits per heavy atom. The van der Waals surface area contributed by atoms with Gasteiger partial charge in [0.25, 0.3) is 0 Å². The second-order valence-corrected chi connectivity index (χ2v) is 8.06. The second-order valence-electron chi connectivity index (χ2n) is 8.06. The molecule has 1 aliphatic heterocycles. The fourth-order valence-corrected chi connectivity index (χ4v) is 4.51. The van der Waals surface area contributed by atoms with E-state index < -0.39 is 5.60 Å². The Kier molecular flexibility index (Phi) is 3.41. The predicted molar refractivity (Wildman–Crippen MR) is 87.5 cm³/mol. The van der Waals surface area contributed by atoms with Crippen molar-refractivity contribution in [1.29, 1.82) is 0 Å². The average Bonchev–Trinajstić information content (AvgIpc) is 3.06. The summed E-state index contributed by atoms with van der Waals surface area (Å²) in [5, 5.41) is 3.03. The monoisotopic (exact) mass is 315 g/mol. The van der Waals surface area contributed by atoms with Crippen LogP contribution in [0, 0.1) is 0 Å². The van der Waals surface area contributed by atoms with E-state index in [4.69, 9.17) is 9.47 Å². The molecule has 23 heavy (non-hydrogen) atoms. The quantitative estimate of drug-likeness (QED) is 0.847. The number of carbonyl (C=O) groups excluding carboxylic acids is 1. The Hall–Kier alpha value is -1.55. The van der Waals surface area contributed by atoms with Crippen LogP contribution in [-0.4, -0.2) is 18.3 Å². The highest BCUT2D eigenvalue weighted by Gasteiger charge is 2.41. The molecule has 1 aromatic carbocycles. The van der Waals surface area contributed by atoms with Crippen molar-refractivity contribution >= 4 is 6.09 Å². The molecule has 1 fully saturated rings. The van der Waals surface area contributed by atoms with Gasteiger partial charge in [-0.1, -0.05) is 12.1 Å². The zero-order chi connectivity index (χ0) is 16.2. The molecule has 4 heteroatoms. The number of alkyl carbamates (subject to hydrolysis) is 1. The summed E-state index contributed by atoms with van der Waals surface area (Å²) in [6.45, 7) is 6.82. The molecule has 4 nitrogen and oxygen atoms in total. The molecule has 2 bridgehead atoms. The molecule has 124 valence electrons. The maximum atomic E-state index is 12.2. The smallest absolute Gasteiger partial charge is 0.408 e. The number of hydrogen-bond acceptors (Lipinski definition) is 3. The van der Waals surface area contributed by atoms with Crippen molar-refractivity contribution in [2.75, 3.05) is 6.61 Å². The normalized spacial score (nSPS) is 28.2. The highest BCUT2D eigenvalue weighted by atomic mass is 16.6. The van der Waals surface area contributed by atoms with Crippen LogP contribution in [0.3, 0.4) is 0 Å². The van der Waals surface area contributed by atoms with Gasteiger partial charge in [-0.15, -0.1) is 0 Å². The Labute approximate surface area is 137 Å². The van der Waals surface area contributed by atoms with Crippen molar-refractivity contribution in [2.45, 2.75) is 70.1 Å². The van der Waals surface area contributed by atoms with Gasteiger partial charge in [0.05, 0.1) is 19.3 Å². The molecule has 1 unspecified atom stereocenters. The van der Waals surface area contributed by atoms with Crippen molar-refractivity contribution in [3.05, 3.63) is 34.4 Å². The lowest BCUT2D eigenvalue weighted by Gasteiger charge is -2.32. The molecule has 3 atom stereocenters. The molecule has 1 heterocycles. The topological polar surface area (TPSA) is 47.6 Å². The minimum atomic E-state index is -0.486. The second kappa shape index (κ2) is 5.23. The van der Waals surface area contributed by atoms with Crippen LogP contribution >= 0.6 is 0 Å². The van der Waals surface area contributed by atoms with Gasteiger partial charge in [0, 0.05) is 0 Å². The van der Waals surface area contributed by atoms with Crippen LogP contribution in [0.25, 0.3) is 0 Å². The molecule has 1 aromatic rings. The van der Waals surface area contributed by atoms with E-state index in [0.29, 0.717) is 19.1 Å². The number of carbonyl (C=O) groups is 1. The highest BCUT2D eigenvalue weighted by molar-refractivity contribution is 5.69. The number of benzene rings is 1. The molecule has 0 spiro atoms. The zero-order valence-electron chi connectivity index (χ0n) is 14.1. The molecule has 1 N–H and O–H groups in total. The molecule has 2 aliphatic carbocycles. The fourth-order valence-electron chi connectivity index (χ4n) is 4.51. The van der Waals surface area contributed by atoms with Gasteiger partial charge in [-0.2, -0.15) is 0 Å². The molecule has 4 rings (SSSR count).